The SMILES string of the molecule is CN=C(NCCc1ncc(C)s1)NCC(C1CC1)N(C)C. The summed E-state index contributed by atoms with van der Waals surface area (Å²) in [5, 5.41) is 7.99. The average molecular weight is 309 g/mol. The molecule has 1 atom stereocenters. The van der Waals surface area contributed by atoms with Gasteiger partial charge in [0.15, 0.2) is 5.96 Å². The molecule has 0 bridgehead atoms. The minimum Gasteiger partial charge on any atom is -0.356 e. The van der Waals surface area contributed by atoms with Gasteiger partial charge in [-0.25, -0.2) is 4.98 Å². The molecule has 1 heterocycles. The van der Waals surface area contributed by atoms with E-state index in [9.17, 15) is 0 Å². The van der Waals surface area contributed by atoms with E-state index in [1.165, 1.54) is 22.7 Å². The molecule has 1 saturated carbocycles. The van der Waals surface area contributed by atoms with Gasteiger partial charge in [0.2, 0.25) is 0 Å². The van der Waals surface area contributed by atoms with Crippen LogP contribution in [0.3, 0.4) is 0 Å². The Labute approximate surface area is 131 Å². The minimum absolute atomic E-state index is 0.602. The molecule has 1 fully saturated rings. The highest BCUT2D eigenvalue weighted by Crippen LogP contribution is 2.34. The van der Waals surface area contributed by atoms with Crippen molar-refractivity contribution >= 4 is 17.3 Å². The first-order valence-electron chi connectivity index (χ1n) is 7.62. The molecular formula is C15H27N5S. The third-order valence-corrected chi connectivity index (χ3v) is 4.80. The van der Waals surface area contributed by atoms with Crippen LogP contribution in [0.4, 0.5) is 0 Å². The number of aromatic nitrogens is 1. The fraction of sp³-hybridized carbons (Fsp3) is 0.733. The van der Waals surface area contributed by atoms with E-state index in [0.29, 0.717) is 6.04 Å². The maximum Gasteiger partial charge on any atom is 0.191 e. The molecule has 2 rings (SSSR count). The third kappa shape index (κ3) is 5.28. The maximum atomic E-state index is 4.38. The predicted octanol–water partition coefficient (Wildman–Crippen LogP) is 1.50. The number of aliphatic imine (C=N–C) groups is 1. The van der Waals surface area contributed by atoms with Gasteiger partial charge >= 0.3 is 0 Å². The summed E-state index contributed by atoms with van der Waals surface area (Å²) in [5.41, 5.74) is 0. The molecule has 1 unspecified atom stereocenters. The highest BCUT2D eigenvalue weighted by molar-refractivity contribution is 7.11. The third-order valence-electron chi connectivity index (χ3n) is 3.83. The van der Waals surface area contributed by atoms with Crippen molar-refractivity contribution in [1.82, 2.24) is 20.5 Å². The molecule has 2 N–H and O–H groups in total. The van der Waals surface area contributed by atoms with Gasteiger partial charge in [0.05, 0.1) is 5.01 Å². The molecule has 0 amide bonds. The first kappa shape index (κ1) is 16.2. The topological polar surface area (TPSA) is 52.6 Å². The summed E-state index contributed by atoms with van der Waals surface area (Å²) in [7, 11) is 6.14. The molecule has 21 heavy (non-hydrogen) atoms. The zero-order valence-electron chi connectivity index (χ0n) is 13.5. The first-order valence-corrected chi connectivity index (χ1v) is 8.44. The van der Waals surface area contributed by atoms with Gasteiger partial charge in [-0.05, 0) is 39.8 Å². The Morgan fingerprint density at radius 2 is 2.24 bits per heavy atom. The van der Waals surface area contributed by atoms with Crippen LogP contribution < -0.4 is 10.6 Å². The lowest BCUT2D eigenvalue weighted by Gasteiger charge is -2.25. The van der Waals surface area contributed by atoms with Crippen molar-refractivity contribution in [1.29, 1.82) is 0 Å². The van der Waals surface area contributed by atoms with E-state index in [-0.39, 0.29) is 0 Å². The standard InChI is InChI=1S/C15H27N5S/c1-11-9-18-14(21-11)7-8-17-15(16-2)19-10-13(20(3)4)12-5-6-12/h9,12-13H,5-8,10H2,1-4H3,(H2,16,17,19). The summed E-state index contributed by atoms with van der Waals surface area (Å²) in [6.07, 6.45) is 5.60. The number of thiazole rings is 1. The number of nitrogens with one attached hydrogen (secondary N) is 2. The second-order valence-electron chi connectivity index (χ2n) is 5.86. The largest absolute Gasteiger partial charge is 0.356 e. The van der Waals surface area contributed by atoms with Crippen LogP contribution in [0.5, 0.6) is 0 Å². The molecule has 0 saturated heterocycles. The van der Waals surface area contributed by atoms with Crippen LogP contribution >= 0.6 is 11.3 Å². The van der Waals surface area contributed by atoms with E-state index in [4.69, 9.17) is 0 Å². The first-order chi connectivity index (χ1) is 10.1. The summed E-state index contributed by atoms with van der Waals surface area (Å²) in [5.74, 6) is 1.74. The van der Waals surface area contributed by atoms with E-state index in [1.54, 1.807) is 11.3 Å². The zero-order chi connectivity index (χ0) is 15.2. The summed E-state index contributed by atoms with van der Waals surface area (Å²) < 4.78 is 0. The lowest BCUT2D eigenvalue weighted by atomic mass is 10.1. The quantitative estimate of drug-likeness (QED) is 0.592. The molecule has 0 aliphatic heterocycles. The van der Waals surface area contributed by atoms with Crippen molar-refractivity contribution in [2.45, 2.75) is 32.2 Å². The fourth-order valence-corrected chi connectivity index (χ4v) is 3.27. The average Bonchev–Trinajstić information content (AvgIpc) is 3.19. The van der Waals surface area contributed by atoms with Crippen LogP contribution in [0.25, 0.3) is 0 Å². The number of rotatable bonds is 7. The molecule has 0 aromatic carbocycles. The van der Waals surface area contributed by atoms with Crippen molar-refractivity contribution in [3.8, 4) is 0 Å². The van der Waals surface area contributed by atoms with E-state index in [0.717, 1.165) is 31.4 Å². The molecule has 6 heteroatoms. The summed E-state index contributed by atoms with van der Waals surface area (Å²) >= 11 is 1.76. The number of likely N-dealkylation sites (N-methyl/N-ethyl adjacent to an activating group) is 1. The Bertz CT molecular complexity index is 462. The van der Waals surface area contributed by atoms with Crippen molar-refractivity contribution in [2.24, 2.45) is 10.9 Å². The van der Waals surface area contributed by atoms with E-state index in [1.807, 2.05) is 13.2 Å². The van der Waals surface area contributed by atoms with Crippen molar-refractivity contribution < 1.29 is 0 Å². The lowest BCUT2D eigenvalue weighted by Crippen LogP contribution is -2.46. The molecular weight excluding hydrogens is 282 g/mol. The minimum atomic E-state index is 0.602. The molecule has 118 valence electrons. The molecule has 1 aromatic heterocycles. The second kappa shape index (κ2) is 7.75. The smallest absolute Gasteiger partial charge is 0.191 e. The molecule has 0 radical (unpaired) electrons. The highest BCUT2D eigenvalue weighted by Gasteiger charge is 2.32. The van der Waals surface area contributed by atoms with Crippen LogP contribution in [-0.4, -0.2) is 56.1 Å². The zero-order valence-corrected chi connectivity index (χ0v) is 14.3. The van der Waals surface area contributed by atoms with Crippen molar-refractivity contribution in [3.63, 3.8) is 0 Å². The molecule has 0 spiro atoms. The maximum absolute atomic E-state index is 4.38. The van der Waals surface area contributed by atoms with Gasteiger partial charge in [-0.3, -0.25) is 4.99 Å². The van der Waals surface area contributed by atoms with Crippen LogP contribution in [0.15, 0.2) is 11.2 Å². The number of nitrogens with zero attached hydrogens (tertiary/aromatic N) is 3. The molecule has 1 aliphatic rings. The normalized spacial score (nSPS) is 17.1. The fourth-order valence-electron chi connectivity index (χ4n) is 2.48. The van der Waals surface area contributed by atoms with Crippen LogP contribution in [0.1, 0.15) is 22.7 Å². The highest BCUT2D eigenvalue weighted by atomic mass is 32.1. The van der Waals surface area contributed by atoms with Crippen molar-refractivity contribution in [2.75, 3.05) is 34.2 Å². The van der Waals surface area contributed by atoms with Gasteiger partial charge in [-0.1, -0.05) is 0 Å². The molecule has 1 aromatic rings. The Hall–Kier alpha value is -1.14. The monoisotopic (exact) mass is 309 g/mol. The van der Waals surface area contributed by atoms with Gasteiger partial charge in [0, 0.05) is 43.7 Å². The number of aryl methyl sites for hydroxylation is 1. The Morgan fingerprint density at radius 1 is 1.48 bits per heavy atom. The number of hydrogen-bond acceptors (Lipinski definition) is 4. The predicted molar refractivity (Wildman–Crippen MR) is 90.1 cm³/mol. The van der Waals surface area contributed by atoms with Gasteiger partial charge in [0.1, 0.15) is 0 Å². The Kier molecular flexibility index (Phi) is 5.99. The molecule has 5 nitrogen and oxygen atoms in total. The summed E-state index contributed by atoms with van der Waals surface area (Å²) in [6.45, 7) is 3.91. The number of hydrogen-bond donors (Lipinski definition) is 2. The second-order valence-corrected chi connectivity index (χ2v) is 7.18. The van der Waals surface area contributed by atoms with Crippen molar-refractivity contribution in [3.05, 3.63) is 16.1 Å². The Morgan fingerprint density at radius 3 is 2.76 bits per heavy atom. The van der Waals surface area contributed by atoms with Gasteiger partial charge in [0.25, 0.3) is 0 Å². The van der Waals surface area contributed by atoms with Crippen LogP contribution in [0, 0.1) is 12.8 Å². The lowest BCUT2D eigenvalue weighted by molar-refractivity contribution is 0.264. The summed E-state index contributed by atoms with van der Waals surface area (Å²) in [6, 6.07) is 0.602. The van der Waals surface area contributed by atoms with Crippen LogP contribution in [0.2, 0.25) is 0 Å². The van der Waals surface area contributed by atoms with E-state index >= 15 is 0 Å². The van der Waals surface area contributed by atoms with Gasteiger partial charge in [-0.2, -0.15) is 0 Å². The van der Waals surface area contributed by atoms with Crippen LogP contribution in [-0.2, 0) is 6.42 Å². The van der Waals surface area contributed by atoms with E-state index < -0.39 is 0 Å². The van der Waals surface area contributed by atoms with Gasteiger partial charge in [-0.15, -0.1) is 11.3 Å². The van der Waals surface area contributed by atoms with E-state index in [2.05, 4.69) is 46.5 Å². The molecule has 1 aliphatic carbocycles. The Balaban J connectivity index is 1.70. The van der Waals surface area contributed by atoms with Gasteiger partial charge < -0.3 is 15.5 Å². The number of guanidine groups is 1. The summed E-state index contributed by atoms with van der Waals surface area (Å²) in [4.78, 5) is 12.3.